The molecule has 1 aliphatic heterocycles. The van der Waals surface area contributed by atoms with Crippen molar-refractivity contribution in [3.05, 3.63) is 72.2 Å². The summed E-state index contributed by atoms with van der Waals surface area (Å²) >= 11 is 0. The first-order chi connectivity index (χ1) is 16.6. The molecule has 0 bridgehead atoms. The molecule has 9 nitrogen and oxygen atoms in total. The van der Waals surface area contributed by atoms with E-state index in [1.54, 1.807) is 42.9 Å². The fourth-order valence-corrected chi connectivity index (χ4v) is 5.19. The van der Waals surface area contributed by atoms with Gasteiger partial charge in [0.05, 0.1) is 16.6 Å². The summed E-state index contributed by atoms with van der Waals surface area (Å²) in [4.78, 5) is 8.96. The zero-order valence-electron chi connectivity index (χ0n) is 18.4. The fraction of sp³-hybridized carbons (Fsp3) is 0.208. The van der Waals surface area contributed by atoms with E-state index in [1.807, 2.05) is 30.4 Å². The zero-order valence-corrected chi connectivity index (χ0v) is 19.2. The van der Waals surface area contributed by atoms with Gasteiger partial charge >= 0.3 is 0 Å². The van der Waals surface area contributed by atoms with Gasteiger partial charge in [-0.1, -0.05) is 24.3 Å². The first-order valence-electron chi connectivity index (χ1n) is 11.1. The molecule has 3 heterocycles. The van der Waals surface area contributed by atoms with Gasteiger partial charge in [-0.05, 0) is 61.8 Å². The van der Waals surface area contributed by atoms with Gasteiger partial charge in [0.2, 0.25) is 16.0 Å². The van der Waals surface area contributed by atoms with Gasteiger partial charge < -0.3 is 10.6 Å². The van der Waals surface area contributed by atoms with Gasteiger partial charge in [-0.15, -0.1) is 0 Å². The first kappa shape index (κ1) is 22.2. The number of aromatic amines is 1. The van der Waals surface area contributed by atoms with Crippen molar-refractivity contribution in [3.63, 3.8) is 0 Å². The van der Waals surface area contributed by atoms with E-state index >= 15 is 0 Å². The minimum Gasteiger partial charge on any atom is -0.324 e. The molecule has 1 fully saturated rings. The van der Waals surface area contributed by atoms with Crippen molar-refractivity contribution in [2.24, 2.45) is 0 Å². The number of fused-ring (bicyclic) bond motifs is 1. The average molecular weight is 476 g/mol. The Balaban J connectivity index is 1.22. The number of aromatic nitrogens is 4. The summed E-state index contributed by atoms with van der Waals surface area (Å²) in [6, 6.07) is 12.5. The van der Waals surface area contributed by atoms with Crippen LogP contribution in [0.2, 0.25) is 0 Å². The third-order valence-corrected chi connectivity index (χ3v) is 7.26. The second-order valence-corrected chi connectivity index (χ2v) is 9.86. The topological polar surface area (TPSA) is 125 Å². The molecule has 5 rings (SSSR count). The van der Waals surface area contributed by atoms with Crippen molar-refractivity contribution in [1.82, 2.24) is 30.2 Å². The molecule has 0 aliphatic carbocycles. The van der Waals surface area contributed by atoms with Gasteiger partial charge in [0.15, 0.2) is 0 Å². The van der Waals surface area contributed by atoms with Crippen LogP contribution in [0.5, 0.6) is 0 Å². The molecular formula is C24H25N7O2S. The van der Waals surface area contributed by atoms with Crippen LogP contribution in [-0.2, 0) is 10.0 Å². The van der Waals surface area contributed by atoms with Crippen LogP contribution in [0.15, 0.2) is 66.0 Å². The van der Waals surface area contributed by atoms with Crippen molar-refractivity contribution in [3.8, 4) is 0 Å². The lowest BCUT2D eigenvalue weighted by Crippen LogP contribution is -2.42. The van der Waals surface area contributed by atoms with Crippen LogP contribution in [0.25, 0.3) is 23.1 Å². The van der Waals surface area contributed by atoms with Gasteiger partial charge in [-0.2, -0.15) is 5.10 Å². The normalized spacial score (nSPS) is 15.2. The van der Waals surface area contributed by atoms with E-state index in [2.05, 4.69) is 35.5 Å². The van der Waals surface area contributed by atoms with Gasteiger partial charge in [0.1, 0.15) is 0 Å². The fourth-order valence-electron chi connectivity index (χ4n) is 3.88. The number of hydrogen-bond acceptors (Lipinski definition) is 7. The number of nitrogens with one attached hydrogen (secondary N) is 4. The van der Waals surface area contributed by atoms with Gasteiger partial charge in [-0.25, -0.2) is 23.1 Å². The van der Waals surface area contributed by atoms with Crippen molar-refractivity contribution in [2.45, 2.75) is 23.8 Å². The minimum absolute atomic E-state index is 0.0300. The standard InChI is InChI=1S/C24H25N7O2S/c32-34(33,31-20-10-12-25-13-11-20)21-8-6-19(7-9-21)29-24-26-14-17(15-27-24)4-5-18-2-1-3-23-22(18)16-28-30-23/h1-9,14-16,20,25,31H,10-13H2,(H,28,30)(H,26,27,29)/b5-4+. The van der Waals surface area contributed by atoms with E-state index in [-0.39, 0.29) is 10.9 Å². The van der Waals surface area contributed by atoms with Crippen LogP contribution in [-0.4, -0.2) is 47.7 Å². The Labute approximate surface area is 197 Å². The van der Waals surface area contributed by atoms with Crippen LogP contribution in [0.3, 0.4) is 0 Å². The van der Waals surface area contributed by atoms with E-state index in [0.717, 1.165) is 48.0 Å². The van der Waals surface area contributed by atoms with Crippen molar-refractivity contribution >= 4 is 44.7 Å². The highest BCUT2D eigenvalue weighted by atomic mass is 32.2. The highest BCUT2D eigenvalue weighted by Gasteiger charge is 2.21. The minimum atomic E-state index is -3.54. The first-order valence-corrected chi connectivity index (χ1v) is 12.6. The summed E-state index contributed by atoms with van der Waals surface area (Å²) in [5.74, 6) is 0.428. The van der Waals surface area contributed by atoms with Crippen LogP contribution in [0.4, 0.5) is 11.6 Å². The average Bonchev–Trinajstić information content (AvgIpc) is 3.34. The lowest BCUT2D eigenvalue weighted by atomic mass is 10.1. The van der Waals surface area contributed by atoms with Crippen LogP contribution < -0.4 is 15.4 Å². The van der Waals surface area contributed by atoms with Crippen LogP contribution in [0.1, 0.15) is 24.0 Å². The maximum Gasteiger partial charge on any atom is 0.240 e. The van der Waals surface area contributed by atoms with Gasteiger partial charge in [-0.3, -0.25) is 5.10 Å². The molecule has 0 radical (unpaired) electrons. The van der Waals surface area contributed by atoms with E-state index in [0.29, 0.717) is 11.6 Å². The van der Waals surface area contributed by atoms with E-state index < -0.39 is 10.0 Å². The molecule has 4 N–H and O–H groups in total. The van der Waals surface area contributed by atoms with Crippen LogP contribution in [0, 0.1) is 0 Å². The summed E-state index contributed by atoms with van der Waals surface area (Å²) in [6.45, 7) is 1.65. The Morgan fingerprint density at radius 3 is 2.47 bits per heavy atom. The monoisotopic (exact) mass is 475 g/mol. The third-order valence-electron chi connectivity index (χ3n) is 5.73. The molecule has 4 aromatic rings. The molecule has 0 amide bonds. The predicted octanol–water partition coefficient (Wildman–Crippen LogP) is 3.30. The molecule has 0 unspecified atom stereocenters. The number of nitrogens with zero attached hydrogens (tertiary/aromatic N) is 3. The smallest absolute Gasteiger partial charge is 0.240 e. The van der Waals surface area contributed by atoms with Gasteiger partial charge in [0.25, 0.3) is 0 Å². The van der Waals surface area contributed by atoms with E-state index in [1.165, 1.54) is 0 Å². The summed E-state index contributed by atoms with van der Waals surface area (Å²) in [5.41, 5.74) is 3.60. The Morgan fingerprint density at radius 2 is 1.71 bits per heavy atom. The highest BCUT2D eigenvalue weighted by molar-refractivity contribution is 7.89. The molecule has 0 atom stereocenters. The summed E-state index contributed by atoms with van der Waals surface area (Å²) < 4.78 is 28.1. The van der Waals surface area contributed by atoms with E-state index in [4.69, 9.17) is 0 Å². The maximum absolute atomic E-state index is 12.6. The molecule has 174 valence electrons. The summed E-state index contributed by atoms with van der Waals surface area (Å²) in [5, 5.41) is 14.4. The zero-order chi connectivity index (χ0) is 23.4. The molecule has 2 aromatic carbocycles. The quantitative estimate of drug-likeness (QED) is 0.323. The molecule has 34 heavy (non-hydrogen) atoms. The number of hydrogen-bond donors (Lipinski definition) is 4. The number of H-pyrrole nitrogens is 1. The number of piperidine rings is 1. The molecule has 0 spiro atoms. The van der Waals surface area contributed by atoms with Gasteiger partial charge in [0, 0.05) is 35.1 Å². The lowest BCUT2D eigenvalue weighted by Gasteiger charge is -2.23. The molecule has 1 saturated heterocycles. The lowest BCUT2D eigenvalue weighted by molar-refractivity contribution is 0.427. The van der Waals surface area contributed by atoms with Crippen LogP contribution >= 0.6 is 0 Å². The maximum atomic E-state index is 12.6. The summed E-state index contributed by atoms with van der Waals surface area (Å²) in [6.07, 6.45) is 10.8. The highest BCUT2D eigenvalue weighted by Crippen LogP contribution is 2.20. The second kappa shape index (κ2) is 9.72. The molecule has 10 heteroatoms. The Bertz CT molecular complexity index is 1390. The third kappa shape index (κ3) is 5.14. The number of anilines is 2. The predicted molar refractivity (Wildman–Crippen MR) is 133 cm³/mol. The van der Waals surface area contributed by atoms with Crippen molar-refractivity contribution in [2.75, 3.05) is 18.4 Å². The molecule has 1 aliphatic rings. The summed E-state index contributed by atoms with van der Waals surface area (Å²) in [7, 11) is -3.54. The largest absolute Gasteiger partial charge is 0.324 e. The van der Waals surface area contributed by atoms with Crippen molar-refractivity contribution < 1.29 is 8.42 Å². The second-order valence-electron chi connectivity index (χ2n) is 8.15. The number of benzene rings is 2. The Hall–Kier alpha value is -3.60. The number of rotatable bonds is 7. The Morgan fingerprint density at radius 1 is 0.941 bits per heavy atom. The Kier molecular flexibility index (Phi) is 6.35. The SMILES string of the molecule is O=S(=O)(NC1CCNCC1)c1ccc(Nc2ncc(/C=C/c3cccc4[nH]ncc34)cn2)cc1. The van der Waals surface area contributed by atoms with E-state index in [9.17, 15) is 8.42 Å². The number of sulfonamides is 1. The molecule has 0 saturated carbocycles. The molecule has 2 aromatic heterocycles. The van der Waals surface area contributed by atoms with Crippen molar-refractivity contribution in [1.29, 1.82) is 0 Å². The molecular weight excluding hydrogens is 450 g/mol.